The summed E-state index contributed by atoms with van der Waals surface area (Å²) in [6.07, 6.45) is 38.2. The Morgan fingerprint density at radius 1 is 0.463 bits per heavy atom. The normalized spacial score (nSPS) is 12.2. The molecule has 0 radical (unpaired) electrons. The predicted octanol–water partition coefficient (Wildman–Crippen LogP) is 8.79. The van der Waals surface area contributed by atoms with Crippen LogP contribution < -0.4 is 18.1 Å². The molecule has 0 rings (SSSR count). The van der Waals surface area contributed by atoms with Crippen molar-refractivity contribution in [1.29, 1.82) is 0 Å². The molecular weight excluding hydrogens is 702 g/mol. The second-order valence-corrected chi connectivity index (χ2v) is 15.8. The molecule has 9 heteroatoms. The van der Waals surface area contributed by atoms with E-state index in [9.17, 15) is 19.2 Å². The minimum absolute atomic E-state index is 0. The summed E-state index contributed by atoms with van der Waals surface area (Å²) in [5.41, 5.74) is 3.81. The van der Waals surface area contributed by atoms with Gasteiger partial charge in [-0.2, -0.15) is 0 Å². The second-order valence-electron chi connectivity index (χ2n) is 15.8. The number of hydrogen-bond acceptors (Lipinski definition) is 6. The van der Waals surface area contributed by atoms with Gasteiger partial charge in [0.25, 0.3) is 0 Å². The van der Waals surface area contributed by atoms with E-state index in [4.69, 9.17) is 14.6 Å². The molecule has 0 saturated carbocycles. The summed E-state index contributed by atoms with van der Waals surface area (Å²) in [6, 6.07) is -0.629. The molecule has 0 aromatic rings. The molecule has 0 aliphatic heterocycles. The molecule has 0 aromatic carbocycles. The number of quaternary nitrogens is 1. The van der Waals surface area contributed by atoms with Crippen LogP contribution in [0.3, 0.4) is 0 Å². The van der Waals surface area contributed by atoms with Crippen LogP contribution in [0, 0.1) is 0 Å². The predicted molar refractivity (Wildman–Crippen MR) is 218 cm³/mol. The highest BCUT2D eigenvalue weighted by Gasteiger charge is 2.23. The van der Waals surface area contributed by atoms with Crippen molar-refractivity contribution in [2.24, 2.45) is 0 Å². The summed E-state index contributed by atoms with van der Waals surface area (Å²) < 4.78 is 11.2. The SMILES string of the molecule is CCCCCCCCCCCCCCCCCC(=O)OCC(CCC(=O)C([NH3+])CCC(=O)O)OC(=O)CCCCCCCCCCCCCCCCC.[Cl-]. The lowest BCUT2D eigenvalue weighted by atomic mass is 10.0. The van der Waals surface area contributed by atoms with Crippen molar-refractivity contribution in [3.05, 3.63) is 0 Å². The van der Waals surface area contributed by atoms with E-state index in [0.717, 1.165) is 38.5 Å². The lowest BCUT2D eigenvalue weighted by molar-refractivity contribution is -0.404. The lowest BCUT2D eigenvalue weighted by Gasteiger charge is -2.18. The zero-order chi connectivity index (χ0) is 39.0. The number of Topliss-reactive ketones (excluding diaryl/α,β-unsaturated/α-hetero) is 1. The highest BCUT2D eigenvalue weighted by atomic mass is 35.5. The molecule has 0 aliphatic carbocycles. The molecule has 0 bridgehead atoms. The molecule has 0 saturated heterocycles. The quantitative estimate of drug-likeness (QED) is 0.0467. The minimum Gasteiger partial charge on any atom is -1.00 e. The molecule has 0 amide bonds. The van der Waals surface area contributed by atoms with Gasteiger partial charge in [-0.3, -0.25) is 19.2 Å². The molecule has 2 unspecified atom stereocenters. The first-order chi connectivity index (χ1) is 25.8. The number of carboxylic acids is 1. The van der Waals surface area contributed by atoms with Crippen molar-refractivity contribution >= 4 is 23.7 Å². The number of carboxylic acid groups (broad SMARTS) is 1. The van der Waals surface area contributed by atoms with Gasteiger partial charge in [0, 0.05) is 25.7 Å². The van der Waals surface area contributed by atoms with Crippen molar-refractivity contribution in [3.8, 4) is 0 Å². The minimum atomic E-state index is -0.960. The number of rotatable bonds is 42. The molecule has 0 heterocycles. The van der Waals surface area contributed by atoms with E-state index in [1.165, 1.54) is 154 Å². The zero-order valence-corrected chi connectivity index (χ0v) is 36.1. The average molecular weight is 789 g/mol. The van der Waals surface area contributed by atoms with Crippen LogP contribution in [-0.2, 0) is 28.7 Å². The van der Waals surface area contributed by atoms with Crippen molar-refractivity contribution in [3.63, 3.8) is 0 Å². The van der Waals surface area contributed by atoms with E-state index in [0.29, 0.717) is 12.8 Å². The molecule has 0 spiro atoms. The second kappa shape index (κ2) is 42.5. The van der Waals surface area contributed by atoms with Gasteiger partial charge in [-0.05, 0) is 19.3 Å². The molecule has 0 aliphatic rings. The number of esters is 2. The Hall–Kier alpha value is -1.67. The van der Waals surface area contributed by atoms with Crippen LogP contribution in [0.25, 0.3) is 0 Å². The molecule has 54 heavy (non-hydrogen) atoms. The maximum atomic E-state index is 12.7. The summed E-state index contributed by atoms with van der Waals surface area (Å²) in [4.78, 5) is 48.7. The number of hydrogen-bond donors (Lipinski definition) is 2. The van der Waals surface area contributed by atoms with E-state index >= 15 is 0 Å². The molecular formula is C45H86ClNO7. The Labute approximate surface area is 338 Å². The standard InChI is InChI=1S/C45H85NO7.ClH/c1-3-5-7-9-11-13-15-17-19-21-23-25-27-29-31-33-44(50)52-39-40(35-37-42(47)41(46)36-38-43(48)49)53-45(51)34-32-30-28-26-24-22-20-18-16-14-12-10-8-6-4-2;/h40-41H,3-39,46H2,1-2H3,(H,48,49);1H. The van der Waals surface area contributed by atoms with E-state index in [1.807, 2.05) is 0 Å². The fourth-order valence-electron chi connectivity index (χ4n) is 6.93. The largest absolute Gasteiger partial charge is 1.00 e. The van der Waals surface area contributed by atoms with Gasteiger partial charge in [0.2, 0.25) is 0 Å². The van der Waals surface area contributed by atoms with Gasteiger partial charge in [-0.25, -0.2) is 0 Å². The van der Waals surface area contributed by atoms with Crippen molar-refractivity contribution in [1.82, 2.24) is 0 Å². The Bertz CT molecular complexity index is 871. The molecule has 2 atom stereocenters. The number of carbonyl (C=O) groups excluding carboxylic acids is 3. The molecule has 0 fully saturated rings. The van der Waals surface area contributed by atoms with Crippen LogP contribution >= 0.6 is 0 Å². The topological polar surface area (TPSA) is 135 Å². The Kier molecular flexibility index (Phi) is 42.8. The van der Waals surface area contributed by atoms with Gasteiger partial charge in [-0.1, -0.05) is 194 Å². The van der Waals surface area contributed by atoms with Gasteiger partial charge >= 0.3 is 17.9 Å². The third-order valence-corrected chi connectivity index (χ3v) is 10.6. The lowest BCUT2D eigenvalue weighted by Crippen LogP contribution is -3.00. The first-order valence-corrected chi connectivity index (χ1v) is 22.7. The van der Waals surface area contributed by atoms with Crippen LogP contribution in [0.5, 0.6) is 0 Å². The molecule has 320 valence electrons. The van der Waals surface area contributed by atoms with Gasteiger partial charge in [0.15, 0.2) is 5.78 Å². The maximum Gasteiger partial charge on any atom is 0.306 e. The van der Waals surface area contributed by atoms with Crippen molar-refractivity contribution in [2.75, 3.05) is 6.61 Å². The Balaban J connectivity index is 0. The fraction of sp³-hybridized carbons (Fsp3) is 0.911. The Morgan fingerprint density at radius 2 is 0.796 bits per heavy atom. The van der Waals surface area contributed by atoms with Crippen LogP contribution in [0.2, 0.25) is 0 Å². The number of aliphatic carboxylic acids is 1. The number of halogens is 1. The van der Waals surface area contributed by atoms with E-state index in [1.54, 1.807) is 0 Å². The van der Waals surface area contributed by atoms with E-state index in [2.05, 4.69) is 19.6 Å². The fourth-order valence-corrected chi connectivity index (χ4v) is 6.93. The van der Waals surface area contributed by atoms with Crippen molar-refractivity contribution in [2.45, 2.75) is 257 Å². The average Bonchev–Trinajstić information content (AvgIpc) is 3.14. The Morgan fingerprint density at radius 3 is 1.15 bits per heavy atom. The molecule has 4 N–H and O–H groups in total. The number of carbonyl (C=O) groups is 4. The number of ketones is 1. The third-order valence-electron chi connectivity index (χ3n) is 10.6. The van der Waals surface area contributed by atoms with E-state index in [-0.39, 0.29) is 62.4 Å². The zero-order valence-electron chi connectivity index (χ0n) is 35.3. The summed E-state index contributed by atoms with van der Waals surface area (Å²) in [6.45, 7) is 4.46. The van der Waals surface area contributed by atoms with E-state index < -0.39 is 18.1 Å². The first kappa shape index (κ1) is 54.4. The highest BCUT2D eigenvalue weighted by molar-refractivity contribution is 5.83. The number of unbranched alkanes of at least 4 members (excludes halogenated alkanes) is 28. The molecule has 0 aromatic heterocycles. The first-order valence-electron chi connectivity index (χ1n) is 22.7. The highest BCUT2D eigenvalue weighted by Crippen LogP contribution is 2.17. The summed E-state index contributed by atoms with van der Waals surface area (Å²) in [7, 11) is 0. The summed E-state index contributed by atoms with van der Waals surface area (Å²) in [5.74, 6) is -1.75. The molecule has 8 nitrogen and oxygen atoms in total. The summed E-state index contributed by atoms with van der Waals surface area (Å²) >= 11 is 0. The monoisotopic (exact) mass is 788 g/mol. The maximum absolute atomic E-state index is 12.7. The third kappa shape index (κ3) is 40.0. The van der Waals surface area contributed by atoms with Gasteiger partial charge in [0.05, 0.1) is 6.42 Å². The summed E-state index contributed by atoms with van der Waals surface area (Å²) in [5, 5.41) is 8.93. The van der Waals surface area contributed by atoms with Gasteiger partial charge in [-0.15, -0.1) is 0 Å². The van der Waals surface area contributed by atoms with Crippen LogP contribution in [-0.4, -0.2) is 47.6 Å². The van der Waals surface area contributed by atoms with Crippen LogP contribution in [0.1, 0.15) is 245 Å². The smallest absolute Gasteiger partial charge is 0.306 e. The number of ether oxygens (including phenoxy) is 2. The van der Waals surface area contributed by atoms with Gasteiger partial charge < -0.3 is 32.7 Å². The van der Waals surface area contributed by atoms with Crippen molar-refractivity contribution < 1.29 is 51.9 Å². The van der Waals surface area contributed by atoms with Crippen LogP contribution in [0.4, 0.5) is 0 Å². The van der Waals surface area contributed by atoms with Crippen LogP contribution in [0.15, 0.2) is 0 Å². The van der Waals surface area contributed by atoms with Gasteiger partial charge in [0.1, 0.15) is 18.8 Å².